The molecule has 1 heterocycles. The Bertz CT molecular complexity index is 827. The van der Waals surface area contributed by atoms with Gasteiger partial charge in [-0.3, -0.25) is 9.78 Å². The summed E-state index contributed by atoms with van der Waals surface area (Å²) < 4.78 is 0. The van der Waals surface area contributed by atoms with Crippen molar-refractivity contribution in [2.24, 2.45) is 0 Å². The zero-order chi connectivity index (χ0) is 14.8. The summed E-state index contributed by atoms with van der Waals surface area (Å²) in [5, 5.41) is 5.06. The summed E-state index contributed by atoms with van der Waals surface area (Å²) in [6.45, 7) is 1.83. The van der Waals surface area contributed by atoms with Crippen molar-refractivity contribution in [1.29, 1.82) is 0 Å². The van der Waals surface area contributed by atoms with E-state index in [1.165, 1.54) is 6.20 Å². The number of fused-ring (bicyclic) bond motifs is 1. The highest BCUT2D eigenvalue weighted by Gasteiger charge is 2.11. The van der Waals surface area contributed by atoms with E-state index in [9.17, 15) is 4.79 Å². The zero-order valence-electron chi connectivity index (χ0n) is 11.6. The second-order valence-corrected chi connectivity index (χ2v) is 4.93. The van der Waals surface area contributed by atoms with E-state index >= 15 is 0 Å². The molecule has 3 rings (SSSR count). The van der Waals surface area contributed by atoms with Gasteiger partial charge in [-0.2, -0.15) is 0 Å². The van der Waals surface area contributed by atoms with Crippen LogP contribution in [0.3, 0.4) is 0 Å². The summed E-state index contributed by atoms with van der Waals surface area (Å²) in [5.74, 6) is -0.254. The van der Waals surface area contributed by atoms with Crippen LogP contribution in [-0.4, -0.2) is 10.9 Å². The van der Waals surface area contributed by atoms with Gasteiger partial charge in [0.1, 0.15) is 0 Å². The number of rotatable bonds is 2. The van der Waals surface area contributed by atoms with Gasteiger partial charge in [-0.15, -0.1) is 0 Å². The third kappa shape index (κ3) is 2.69. The van der Waals surface area contributed by atoms with Gasteiger partial charge in [0.15, 0.2) is 0 Å². The maximum atomic E-state index is 12.3. The van der Waals surface area contributed by atoms with E-state index in [2.05, 4.69) is 10.3 Å². The third-order valence-corrected chi connectivity index (χ3v) is 3.32. The van der Waals surface area contributed by atoms with E-state index in [1.54, 1.807) is 6.07 Å². The van der Waals surface area contributed by atoms with Gasteiger partial charge in [-0.1, -0.05) is 30.3 Å². The van der Waals surface area contributed by atoms with Crippen LogP contribution in [0.1, 0.15) is 16.1 Å². The van der Waals surface area contributed by atoms with Crippen molar-refractivity contribution in [3.63, 3.8) is 0 Å². The second kappa shape index (κ2) is 5.25. The Labute approximate surface area is 122 Å². The molecule has 0 unspecified atom stereocenters. The number of aryl methyl sites for hydroxylation is 1. The highest BCUT2D eigenvalue weighted by atomic mass is 16.1. The van der Waals surface area contributed by atoms with Crippen molar-refractivity contribution in [3.8, 4) is 0 Å². The lowest BCUT2D eigenvalue weighted by molar-refractivity contribution is 0.102. The molecular formula is C17H15N3O. The molecule has 4 nitrogen and oxygen atoms in total. The second-order valence-electron chi connectivity index (χ2n) is 4.93. The number of nitrogens with zero attached hydrogens (tertiary/aromatic N) is 1. The molecular weight excluding hydrogens is 262 g/mol. The average molecular weight is 277 g/mol. The standard InChI is InChI=1S/C17H15N3O/c1-11-8-16(18)15(10-19-11)17(21)20-14-7-6-12-4-2-3-5-13(12)9-14/h2-10H,1H3,(H2,18,19)(H,20,21). The number of pyridine rings is 1. The monoisotopic (exact) mass is 277 g/mol. The van der Waals surface area contributed by atoms with E-state index in [0.29, 0.717) is 11.3 Å². The molecule has 0 aliphatic carbocycles. The first-order valence-electron chi connectivity index (χ1n) is 6.66. The molecule has 0 spiro atoms. The minimum Gasteiger partial charge on any atom is -0.398 e. The summed E-state index contributed by atoms with van der Waals surface area (Å²) in [7, 11) is 0. The predicted octanol–water partition coefficient (Wildman–Crippen LogP) is 3.38. The molecule has 0 saturated carbocycles. The predicted molar refractivity (Wildman–Crippen MR) is 85.3 cm³/mol. The number of carbonyl (C=O) groups excluding carboxylic acids is 1. The highest BCUT2D eigenvalue weighted by Crippen LogP contribution is 2.20. The number of nitrogens with one attached hydrogen (secondary N) is 1. The van der Waals surface area contributed by atoms with E-state index in [0.717, 1.165) is 22.2 Å². The summed E-state index contributed by atoms with van der Waals surface area (Å²) in [4.78, 5) is 16.4. The molecule has 4 heteroatoms. The van der Waals surface area contributed by atoms with Crippen molar-refractivity contribution in [1.82, 2.24) is 4.98 Å². The van der Waals surface area contributed by atoms with Gasteiger partial charge in [-0.05, 0) is 35.9 Å². The van der Waals surface area contributed by atoms with Crippen molar-refractivity contribution < 1.29 is 4.79 Å². The fourth-order valence-electron chi connectivity index (χ4n) is 2.24. The Morgan fingerprint density at radius 2 is 1.86 bits per heavy atom. The van der Waals surface area contributed by atoms with Gasteiger partial charge in [0.05, 0.1) is 5.56 Å². The van der Waals surface area contributed by atoms with Gasteiger partial charge < -0.3 is 11.1 Å². The molecule has 0 bridgehead atoms. The first-order chi connectivity index (χ1) is 10.1. The lowest BCUT2D eigenvalue weighted by Gasteiger charge is -2.08. The van der Waals surface area contributed by atoms with Gasteiger partial charge in [0.25, 0.3) is 5.91 Å². The van der Waals surface area contributed by atoms with E-state index in [4.69, 9.17) is 5.73 Å². The van der Waals surface area contributed by atoms with Crippen LogP contribution < -0.4 is 11.1 Å². The van der Waals surface area contributed by atoms with Crippen LogP contribution >= 0.6 is 0 Å². The maximum absolute atomic E-state index is 12.3. The molecule has 2 aromatic carbocycles. The number of nitrogen functional groups attached to an aromatic ring is 1. The Balaban J connectivity index is 1.89. The van der Waals surface area contributed by atoms with Gasteiger partial charge in [0, 0.05) is 23.3 Å². The van der Waals surface area contributed by atoms with Crippen LogP contribution in [0, 0.1) is 6.92 Å². The van der Waals surface area contributed by atoms with Gasteiger partial charge in [0.2, 0.25) is 0 Å². The molecule has 0 atom stereocenters. The molecule has 0 radical (unpaired) electrons. The van der Waals surface area contributed by atoms with E-state index < -0.39 is 0 Å². The van der Waals surface area contributed by atoms with Crippen LogP contribution in [0.5, 0.6) is 0 Å². The van der Waals surface area contributed by atoms with Crippen molar-refractivity contribution in [3.05, 3.63) is 66.0 Å². The largest absolute Gasteiger partial charge is 0.398 e. The molecule has 21 heavy (non-hydrogen) atoms. The minimum atomic E-state index is -0.254. The normalized spacial score (nSPS) is 10.5. The summed E-state index contributed by atoms with van der Waals surface area (Å²) in [5.41, 5.74) is 8.20. The van der Waals surface area contributed by atoms with Gasteiger partial charge >= 0.3 is 0 Å². The number of aromatic nitrogens is 1. The lowest BCUT2D eigenvalue weighted by atomic mass is 10.1. The van der Waals surface area contributed by atoms with Crippen molar-refractivity contribution >= 4 is 28.1 Å². The molecule has 104 valence electrons. The molecule has 1 amide bonds. The molecule has 3 aromatic rings. The smallest absolute Gasteiger partial charge is 0.259 e. The fourth-order valence-corrected chi connectivity index (χ4v) is 2.24. The van der Waals surface area contributed by atoms with Crippen molar-refractivity contribution in [2.75, 3.05) is 11.1 Å². The van der Waals surface area contributed by atoms with Crippen LogP contribution in [0.15, 0.2) is 54.7 Å². The Morgan fingerprint density at radius 3 is 2.62 bits per heavy atom. The Kier molecular flexibility index (Phi) is 3.28. The van der Waals surface area contributed by atoms with Crippen LogP contribution in [0.25, 0.3) is 10.8 Å². The average Bonchev–Trinajstić information content (AvgIpc) is 2.47. The minimum absolute atomic E-state index is 0.254. The summed E-state index contributed by atoms with van der Waals surface area (Å²) >= 11 is 0. The Hall–Kier alpha value is -2.88. The maximum Gasteiger partial charge on any atom is 0.259 e. The van der Waals surface area contributed by atoms with E-state index in [1.807, 2.05) is 49.4 Å². The van der Waals surface area contributed by atoms with E-state index in [-0.39, 0.29) is 5.91 Å². The lowest BCUT2D eigenvalue weighted by Crippen LogP contribution is -2.14. The molecule has 1 aromatic heterocycles. The number of anilines is 2. The zero-order valence-corrected chi connectivity index (χ0v) is 11.6. The molecule has 0 fully saturated rings. The number of hydrogen-bond donors (Lipinski definition) is 2. The van der Waals surface area contributed by atoms with Crippen LogP contribution in [0.4, 0.5) is 11.4 Å². The quantitative estimate of drug-likeness (QED) is 0.754. The highest BCUT2D eigenvalue weighted by molar-refractivity contribution is 6.08. The number of nitrogens with two attached hydrogens (primary N) is 1. The molecule has 3 N–H and O–H groups in total. The number of hydrogen-bond acceptors (Lipinski definition) is 3. The van der Waals surface area contributed by atoms with Crippen molar-refractivity contribution in [2.45, 2.75) is 6.92 Å². The summed E-state index contributed by atoms with van der Waals surface area (Å²) in [6.07, 6.45) is 1.50. The topological polar surface area (TPSA) is 68.0 Å². The summed E-state index contributed by atoms with van der Waals surface area (Å²) in [6, 6.07) is 15.5. The number of carbonyl (C=O) groups is 1. The SMILES string of the molecule is Cc1cc(N)c(C(=O)Nc2ccc3ccccc3c2)cn1. The van der Waals surface area contributed by atoms with Crippen LogP contribution in [-0.2, 0) is 0 Å². The Morgan fingerprint density at radius 1 is 1.10 bits per heavy atom. The molecule has 0 saturated heterocycles. The number of benzene rings is 2. The van der Waals surface area contributed by atoms with Crippen LogP contribution in [0.2, 0.25) is 0 Å². The van der Waals surface area contributed by atoms with Gasteiger partial charge in [-0.25, -0.2) is 0 Å². The first-order valence-corrected chi connectivity index (χ1v) is 6.66. The molecule has 0 aliphatic heterocycles. The fraction of sp³-hybridized carbons (Fsp3) is 0.0588. The number of amides is 1. The molecule has 0 aliphatic rings. The third-order valence-electron chi connectivity index (χ3n) is 3.32. The first kappa shape index (κ1) is 13.1.